The molecule has 4 rings (SSSR count). The van der Waals surface area contributed by atoms with E-state index in [1.807, 2.05) is 35.2 Å². The summed E-state index contributed by atoms with van der Waals surface area (Å²) in [6.45, 7) is 10.2. The minimum atomic E-state index is -3.60. The van der Waals surface area contributed by atoms with Gasteiger partial charge in [-0.25, -0.2) is 4.79 Å². The number of sulfonamides is 1. The van der Waals surface area contributed by atoms with Crippen molar-refractivity contribution in [2.75, 3.05) is 39.3 Å². The molecule has 1 fully saturated rings. The first kappa shape index (κ1) is 22.5. The number of esters is 1. The number of benzene rings is 2. The zero-order chi connectivity index (χ0) is 22.9. The summed E-state index contributed by atoms with van der Waals surface area (Å²) >= 11 is 0. The monoisotopic (exact) mass is 455 g/mol. The van der Waals surface area contributed by atoms with Crippen molar-refractivity contribution in [2.45, 2.75) is 31.1 Å². The van der Waals surface area contributed by atoms with Gasteiger partial charge in [0.25, 0.3) is 10.0 Å². The minimum absolute atomic E-state index is 0.0426. The van der Waals surface area contributed by atoms with E-state index in [1.54, 1.807) is 18.2 Å². The summed E-state index contributed by atoms with van der Waals surface area (Å²) in [5, 5.41) is 0. The van der Waals surface area contributed by atoms with Gasteiger partial charge in [-0.15, -0.1) is 4.40 Å². The lowest BCUT2D eigenvalue weighted by Crippen LogP contribution is -2.49. The van der Waals surface area contributed by atoms with E-state index >= 15 is 0 Å². The Morgan fingerprint density at radius 3 is 2.31 bits per heavy atom. The fourth-order valence-electron chi connectivity index (χ4n) is 3.96. The lowest BCUT2D eigenvalue weighted by atomic mass is 9.87. The molecular weight excluding hydrogens is 426 g/mol. The normalized spacial score (nSPS) is 18.2. The fraction of sp³-hybridized carbons (Fsp3) is 0.417. The fourth-order valence-corrected chi connectivity index (χ4v) is 5.18. The third kappa shape index (κ3) is 4.71. The highest BCUT2D eigenvalue weighted by atomic mass is 32.2. The summed E-state index contributed by atoms with van der Waals surface area (Å²) in [6, 6.07) is 14.5. The summed E-state index contributed by atoms with van der Waals surface area (Å²) in [7, 11) is -3.60. The topological polar surface area (TPSA) is 79.3 Å². The molecule has 0 atom stereocenters. The first-order valence-electron chi connectivity index (χ1n) is 10.8. The number of carbonyl (C=O) groups excluding carboxylic acids is 1. The van der Waals surface area contributed by atoms with Crippen LogP contribution in [-0.2, 0) is 20.2 Å². The van der Waals surface area contributed by atoms with Gasteiger partial charge >= 0.3 is 5.97 Å². The van der Waals surface area contributed by atoms with Crippen molar-refractivity contribution in [3.05, 3.63) is 65.2 Å². The summed E-state index contributed by atoms with van der Waals surface area (Å²) in [5.41, 5.74) is 2.45. The molecule has 0 amide bonds. The van der Waals surface area contributed by atoms with E-state index in [4.69, 9.17) is 4.74 Å². The number of ether oxygens (including phenoxy) is 1. The number of amidine groups is 1. The van der Waals surface area contributed by atoms with Crippen LogP contribution in [-0.4, -0.2) is 69.4 Å². The number of nitrogens with zero attached hydrogens (tertiary/aromatic N) is 3. The SMILES string of the molecule is CC(C)(C)c1ccc(C(=O)OCCN2CCN(C3=NS(=O)(=O)c4ccccc43)CC2)cc1. The van der Waals surface area contributed by atoms with Crippen LogP contribution < -0.4 is 0 Å². The molecule has 0 spiro atoms. The van der Waals surface area contributed by atoms with Crippen molar-refractivity contribution < 1.29 is 17.9 Å². The van der Waals surface area contributed by atoms with E-state index in [9.17, 15) is 13.2 Å². The molecule has 0 unspecified atom stereocenters. The van der Waals surface area contributed by atoms with Crippen molar-refractivity contribution in [1.29, 1.82) is 0 Å². The van der Waals surface area contributed by atoms with Crippen LogP contribution in [0.2, 0.25) is 0 Å². The van der Waals surface area contributed by atoms with Crippen LogP contribution in [0.3, 0.4) is 0 Å². The largest absolute Gasteiger partial charge is 0.461 e. The smallest absolute Gasteiger partial charge is 0.338 e. The molecule has 0 aromatic heterocycles. The number of carbonyl (C=O) groups is 1. The Morgan fingerprint density at radius 2 is 1.66 bits per heavy atom. The van der Waals surface area contributed by atoms with Crippen LogP contribution in [0.25, 0.3) is 0 Å². The second kappa shape index (κ2) is 8.67. The van der Waals surface area contributed by atoms with Gasteiger partial charge in [0.15, 0.2) is 5.84 Å². The van der Waals surface area contributed by atoms with Crippen molar-refractivity contribution in [3.8, 4) is 0 Å². The molecule has 0 bridgehead atoms. The Kier molecular flexibility index (Phi) is 6.09. The molecule has 1 saturated heterocycles. The van der Waals surface area contributed by atoms with E-state index in [0.29, 0.717) is 43.2 Å². The van der Waals surface area contributed by atoms with E-state index in [-0.39, 0.29) is 16.3 Å². The highest BCUT2D eigenvalue weighted by molar-refractivity contribution is 7.90. The molecule has 8 heteroatoms. The van der Waals surface area contributed by atoms with Gasteiger partial charge < -0.3 is 9.64 Å². The first-order valence-corrected chi connectivity index (χ1v) is 12.3. The van der Waals surface area contributed by atoms with E-state index < -0.39 is 10.0 Å². The maximum Gasteiger partial charge on any atom is 0.338 e. The third-order valence-electron chi connectivity index (χ3n) is 5.91. The van der Waals surface area contributed by atoms with Gasteiger partial charge in [-0.1, -0.05) is 45.0 Å². The molecule has 2 heterocycles. The molecule has 170 valence electrons. The Labute approximate surface area is 189 Å². The Morgan fingerprint density at radius 1 is 1.00 bits per heavy atom. The molecule has 7 nitrogen and oxygen atoms in total. The Balaban J connectivity index is 1.26. The van der Waals surface area contributed by atoms with E-state index in [2.05, 4.69) is 30.1 Å². The minimum Gasteiger partial charge on any atom is -0.461 e. The average Bonchev–Trinajstić information content (AvgIpc) is 3.05. The maximum absolute atomic E-state index is 12.3. The molecule has 32 heavy (non-hydrogen) atoms. The summed E-state index contributed by atoms with van der Waals surface area (Å²) in [4.78, 5) is 16.8. The van der Waals surface area contributed by atoms with Gasteiger partial charge in [0.1, 0.15) is 11.5 Å². The van der Waals surface area contributed by atoms with Crippen LogP contribution in [0, 0.1) is 0 Å². The quantitative estimate of drug-likeness (QED) is 0.660. The van der Waals surface area contributed by atoms with Gasteiger partial charge in [0.2, 0.25) is 0 Å². The Bertz CT molecular complexity index is 1130. The zero-order valence-electron chi connectivity index (χ0n) is 18.7. The molecule has 0 aliphatic carbocycles. The lowest BCUT2D eigenvalue weighted by molar-refractivity contribution is 0.0442. The van der Waals surface area contributed by atoms with Gasteiger partial charge in [0, 0.05) is 38.3 Å². The summed E-state index contributed by atoms with van der Waals surface area (Å²) in [6.07, 6.45) is 0. The van der Waals surface area contributed by atoms with Crippen LogP contribution in [0.5, 0.6) is 0 Å². The second-order valence-corrected chi connectivity index (χ2v) is 10.8. The number of piperazine rings is 1. The molecule has 0 saturated carbocycles. The number of hydrogen-bond donors (Lipinski definition) is 0. The second-order valence-electron chi connectivity index (χ2n) is 9.18. The van der Waals surface area contributed by atoms with Gasteiger partial charge in [-0.3, -0.25) is 4.90 Å². The number of hydrogen-bond acceptors (Lipinski definition) is 6. The molecule has 0 radical (unpaired) electrons. The van der Waals surface area contributed by atoms with Crippen molar-refractivity contribution >= 4 is 21.8 Å². The van der Waals surface area contributed by atoms with Crippen molar-refractivity contribution in [3.63, 3.8) is 0 Å². The van der Waals surface area contributed by atoms with Crippen LogP contribution in [0.1, 0.15) is 42.3 Å². The molecule has 0 N–H and O–H groups in total. The lowest BCUT2D eigenvalue weighted by Gasteiger charge is -2.35. The van der Waals surface area contributed by atoms with E-state index in [0.717, 1.165) is 13.1 Å². The van der Waals surface area contributed by atoms with Crippen LogP contribution in [0.4, 0.5) is 0 Å². The van der Waals surface area contributed by atoms with Crippen molar-refractivity contribution in [2.24, 2.45) is 4.40 Å². The summed E-state index contributed by atoms with van der Waals surface area (Å²) in [5.74, 6) is 0.219. The average molecular weight is 456 g/mol. The predicted octanol–water partition coefficient (Wildman–Crippen LogP) is 2.91. The number of rotatable bonds is 4. The van der Waals surface area contributed by atoms with Gasteiger partial charge in [0.05, 0.1) is 5.56 Å². The molecule has 2 aliphatic rings. The highest BCUT2D eigenvalue weighted by Gasteiger charge is 2.32. The maximum atomic E-state index is 12.3. The van der Waals surface area contributed by atoms with Crippen LogP contribution in [0.15, 0.2) is 57.8 Å². The van der Waals surface area contributed by atoms with Gasteiger partial charge in [-0.05, 0) is 35.2 Å². The van der Waals surface area contributed by atoms with Crippen molar-refractivity contribution in [1.82, 2.24) is 9.80 Å². The standard InChI is InChI=1S/C24H29N3O4S/c1-24(2,3)19-10-8-18(9-11-19)23(28)31-17-16-26-12-14-27(15-13-26)22-20-6-4-5-7-21(20)32(29,30)25-22/h4-11H,12-17H2,1-3H3. The molecule has 2 aromatic rings. The van der Waals surface area contributed by atoms with E-state index in [1.165, 1.54) is 5.56 Å². The Hall–Kier alpha value is -2.71. The molecule has 2 aliphatic heterocycles. The van der Waals surface area contributed by atoms with Gasteiger partial charge in [-0.2, -0.15) is 8.42 Å². The third-order valence-corrected chi connectivity index (χ3v) is 7.24. The highest BCUT2D eigenvalue weighted by Crippen LogP contribution is 2.28. The predicted molar refractivity (Wildman–Crippen MR) is 124 cm³/mol. The van der Waals surface area contributed by atoms with Crippen LogP contribution >= 0.6 is 0 Å². The summed E-state index contributed by atoms with van der Waals surface area (Å²) < 4.78 is 34.0. The number of fused-ring (bicyclic) bond motifs is 1. The zero-order valence-corrected chi connectivity index (χ0v) is 19.6. The molecular formula is C24H29N3O4S. The first-order chi connectivity index (χ1) is 15.1. The molecule has 2 aromatic carbocycles.